The van der Waals surface area contributed by atoms with Gasteiger partial charge in [-0.15, -0.1) is 0 Å². The molecular weight excluding hydrogens is 273 g/mol. The van der Waals surface area contributed by atoms with Crippen LogP contribution in [0.1, 0.15) is 17.7 Å². The first-order valence-corrected chi connectivity index (χ1v) is 6.34. The smallest absolute Gasteiger partial charge is 0.254 e. The minimum absolute atomic E-state index is 0.0969. The summed E-state index contributed by atoms with van der Waals surface area (Å²) in [5.41, 5.74) is 1.98. The van der Waals surface area contributed by atoms with Gasteiger partial charge in [-0.1, -0.05) is 23.2 Å². The van der Waals surface area contributed by atoms with Crippen LogP contribution in [0.15, 0.2) is 17.1 Å². The molecule has 0 amide bonds. The van der Waals surface area contributed by atoms with E-state index in [2.05, 4.69) is 15.0 Å². The predicted octanol–water partition coefficient (Wildman–Crippen LogP) is 2.63. The maximum atomic E-state index is 11.9. The molecule has 3 rings (SSSR count). The molecule has 4 nitrogen and oxygen atoms in total. The molecule has 2 aromatic rings. The molecule has 0 aliphatic heterocycles. The van der Waals surface area contributed by atoms with Crippen LogP contribution in [0.2, 0.25) is 10.0 Å². The Morgan fingerprint density at radius 2 is 2.11 bits per heavy atom. The van der Waals surface area contributed by atoms with E-state index in [4.69, 9.17) is 23.2 Å². The molecule has 0 unspecified atom stereocenters. The van der Waals surface area contributed by atoms with Crippen molar-refractivity contribution < 1.29 is 0 Å². The van der Waals surface area contributed by atoms with Crippen LogP contribution in [0.5, 0.6) is 0 Å². The van der Waals surface area contributed by atoms with E-state index in [1.807, 2.05) is 0 Å². The predicted molar refractivity (Wildman–Crippen MR) is 70.1 cm³/mol. The van der Waals surface area contributed by atoms with Gasteiger partial charge in [0.2, 0.25) is 0 Å². The second kappa shape index (κ2) is 4.37. The molecule has 1 aliphatic carbocycles. The van der Waals surface area contributed by atoms with Crippen LogP contribution in [0.4, 0.5) is 0 Å². The van der Waals surface area contributed by atoms with Gasteiger partial charge >= 0.3 is 0 Å². The SMILES string of the molecule is O=c1[nH]c(-c2ncc(Cl)cc2Cl)nc2c1CCC2. The lowest BCUT2D eigenvalue weighted by molar-refractivity contribution is 0.899. The molecule has 1 N–H and O–H groups in total. The number of nitrogens with one attached hydrogen (secondary N) is 1. The summed E-state index contributed by atoms with van der Waals surface area (Å²) in [4.78, 5) is 23.2. The number of pyridine rings is 1. The quantitative estimate of drug-likeness (QED) is 0.874. The highest BCUT2D eigenvalue weighted by Gasteiger charge is 2.19. The fourth-order valence-corrected chi connectivity index (χ4v) is 2.61. The van der Waals surface area contributed by atoms with Crippen LogP contribution in [0.25, 0.3) is 11.5 Å². The summed E-state index contributed by atoms with van der Waals surface area (Å²) < 4.78 is 0. The van der Waals surface area contributed by atoms with Crippen LogP contribution < -0.4 is 5.56 Å². The van der Waals surface area contributed by atoms with Gasteiger partial charge in [0.1, 0.15) is 5.69 Å². The standard InChI is InChI=1S/C12H9Cl2N3O/c13-6-4-8(14)10(15-5-6)11-16-9-3-1-2-7(9)12(18)17-11/h4-5H,1-3H2,(H,16,17,18). The van der Waals surface area contributed by atoms with Crippen LogP contribution in [-0.4, -0.2) is 15.0 Å². The zero-order valence-corrected chi connectivity index (χ0v) is 10.8. The van der Waals surface area contributed by atoms with Gasteiger partial charge in [-0.25, -0.2) is 9.97 Å². The average Bonchev–Trinajstić information content (AvgIpc) is 2.77. The molecule has 18 heavy (non-hydrogen) atoms. The Kier molecular flexibility index (Phi) is 2.84. The van der Waals surface area contributed by atoms with Crippen molar-refractivity contribution in [1.82, 2.24) is 15.0 Å². The van der Waals surface area contributed by atoms with Gasteiger partial charge < -0.3 is 4.98 Å². The molecule has 92 valence electrons. The first-order valence-electron chi connectivity index (χ1n) is 5.58. The first-order chi connectivity index (χ1) is 8.65. The van der Waals surface area contributed by atoms with Gasteiger partial charge in [0.25, 0.3) is 5.56 Å². The van der Waals surface area contributed by atoms with E-state index < -0.39 is 0 Å². The van der Waals surface area contributed by atoms with E-state index in [0.717, 1.165) is 30.5 Å². The fourth-order valence-electron chi connectivity index (χ4n) is 2.14. The summed E-state index contributed by atoms with van der Waals surface area (Å²) in [6.07, 6.45) is 4.07. The van der Waals surface area contributed by atoms with Crippen molar-refractivity contribution in [3.8, 4) is 11.5 Å². The molecule has 0 bridgehead atoms. The van der Waals surface area contributed by atoms with Crippen molar-refractivity contribution in [3.63, 3.8) is 0 Å². The Bertz CT molecular complexity index is 682. The van der Waals surface area contributed by atoms with Crippen LogP contribution >= 0.6 is 23.2 Å². The molecule has 0 radical (unpaired) electrons. The van der Waals surface area contributed by atoms with E-state index in [-0.39, 0.29) is 5.56 Å². The van der Waals surface area contributed by atoms with Gasteiger partial charge in [-0.05, 0) is 25.3 Å². The fraction of sp³-hybridized carbons (Fsp3) is 0.250. The number of aryl methyl sites for hydroxylation is 1. The zero-order valence-electron chi connectivity index (χ0n) is 9.33. The summed E-state index contributed by atoms with van der Waals surface area (Å²) in [7, 11) is 0. The highest BCUT2D eigenvalue weighted by Crippen LogP contribution is 2.26. The summed E-state index contributed by atoms with van der Waals surface area (Å²) in [5.74, 6) is 0.405. The first kappa shape index (κ1) is 11.7. The van der Waals surface area contributed by atoms with Crippen LogP contribution in [-0.2, 0) is 12.8 Å². The van der Waals surface area contributed by atoms with Gasteiger partial charge in [0, 0.05) is 11.8 Å². The molecule has 1 aliphatic rings. The number of halogens is 2. The lowest BCUT2D eigenvalue weighted by Crippen LogP contribution is -2.15. The van der Waals surface area contributed by atoms with Crippen LogP contribution in [0.3, 0.4) is 0 Å². The molecule has 0 spiro atoms. The summed E-state index contributed by atoms with van der Waals surface area (Å²) in [6, 6.07) is 1.58. The number of aromatic amines is 1. The number of hydrogen-bond donors (Lipinski definition) is 1. The lowest BCUT2D eigenvalue weighted by atomic mass is 10.2. The number of fused-ring (bicyclic) bond motifs is 1. The van der Waals surface area contributed by atoms with Crippen LogP contribution in [0, 0.1) is 0 Å². The van der Waals surface area contributed by atoms with E-state index >= 15 is 0 Å². The third kappa shape index (κ3) is 1.91. The normalized spacial score (nSPS) is 13.7. The molecule has 0 aromatic carbocycles. The Hall–Kier alpha value is -1.39. The third-order valence-corrected chi connectivity index (χ3v) is 3.47. The van der Waals surface area contributed by atoms with Crippen molar-refractivity contribution in [1.29, 1.82) is 0 Å². The minimum Gasteiger partial charge on any atom is -0.305 e. The van der Waals surface area contributed by atoms with E-state index in [9.17, 15) is 4.79 Å². The summed E-state index contributed by atoms with van der Waals surface area (Å²) in [6.45, 7) is 0. The lowest BCUT2D eigenvalue weighted by Gasteiger charge is -2.05. The van der Waals surface area contributed by atoms with E-state index in [1.54, 1.807) is 6.07 Å². The molecule has 0 fully saturated rings. The van der Waals surface area contributed by atoms with E-state index in [1.165, 1.54) is 6.20 Å². The molecule has 0 atom stereocenters. The van der Waals surface area contributed by atoms with E-state index in [0.29, 0.717) is 21.6 Å². The Labute approximate surface area is 113 Å². The monoisotopic (exact) mass is 281 g/mol. The Balaban J connectivity index is 2.18. The highest BCUT2D eigenvalue weighted by molar-refractivity contribution is 6.35. The molecule has 0 saturated carbocycles. The molecular formula is C12H9Cl2N3O. The minimum atomic E-state index is -0.0969. The Morgan fingerprint density at radius 3 is 2.89 bits per heavy atom. The second-order valence-electron chi connectivity index (χ2n) is 4.18. The molecule has 6 heteroatoms. The van der Waals surface area contributed by atoms with Gasteiger partial charge in [0.05, 0.1) is 15.7 Å². The van der Waals surface area contributed by atoms with Crippen molar-refractivity contribution in [2.24, 2.45) is 0 Å². The Morgan fingerprint density at radius 1 is 1.28 bits per heavy atom. The topological polar surface area (TPSA) is 58.6 Å². The van der Waals surface area contributed by atoms with Crippen molar-refractivity contribution in [3.05, 3.63) is 43.9 Å². The van der Waals surface area contributed by atoms with Gasteiger partial charge in [-0.3, -0.25) is 4.79 Å². The number of aromatic nitrogens is 3. The number of rotatable bonds is 1. The van der Waals surface area contributed by atoms with Crippen molar-refractivity contribution >= 4 is 23.2 Å². The third-order valence-electron chi connectivity index (χ3n) is 2.97. The largest absolute Gasteiger partial charge is 0.305 e. The summed E-state index contributed by atoms with van der Waals surface area (Å²) >= 11 is 11.8. The molecule has 2 aromatic heterocycles. The van der Waals surface area contributed by atoms with Crippen molar-refractivity contribution in [2.45, 2.75) is 19.3 Å². The average molecular weight is 282 g/mol. The maximum absolute atomic E-state index is 11.9. The number of nitrogens with zero attached hydrogens (tertiary/aromatic N) is 2. The summed E-state index contributed by atoms with van der Waals surface area (Å²) in [5, 5.41) is 0.829. The van der Waals surface area contributed by atoms with Gasteiger partial charge in [-0.2, -0.15) is 0 Å². The number of H-pyrrole nitrogens is 1. The zero-order chi connectivity index (χ0) is 12.7. The second-order valence-corrected chi connectivity index (χ2v) is 5.02. The van der Waals surface area contributed by atoms with Gasteiger partial charge in [0.15, 0.2) is 5.82 Å². The molecule has 2 heterocycles. The number of hydrogen-bond acceptors (Lipinski definition) is 3. The highest BCUT2D eigenvalue weighted by atomic mass is 35.5. The van der Waals surface area contributed by atoms with Crippen molar-refractivity contribution in [2.75, 3.05) is 0 Å². The maximum Gasteiger partial charge on any atom is 0.254 e. The molecule has 0 saturated heterocycles.